The summed E-state index contributed by atoms with van der Waals surface area (Å²) in [5.74, 6) is -0.219. The highest BCUT2D eigenvalue weighted by molar-refractivity contribution is 6.01. The van der Waals surface area contributed by atoms with Gasteiger partial charge in [-0.1, -0.05) is 12.1 Å². The molecular formula is C18H24ClN3O3. The van der Waals surface area contributed by atoms with E-state index < -0.39 is 0 Å². The van der Waals surface area contributed by atoms with Gasteiger partial charge in [-0.05, 0) is 31.5 Å². The summed E-state index contributed by atoms with van der Waals surface area (Å²) in [6, 6.07) is 7.62. The molecule has 2 atom stereocenters. The topological polar surface area (TPSA) is 69.7 Å². The third-order valence-electron chi connectivity index (χ3n) is 4.99. The number of nitrogens with one attached hydrogen (secondary N) is 1. The molecule has 1 aromatic rings. The summed E-state index contributed by atoms with van der Waals surface area (Å²) in [4.78, 5) is 39.2. The van der Waals surface area contributed by atoms with E-state index in [9.17, 15) is 14.4 Å². The molecule has 2 unspecified atom stereocenters. The molecule has 0 aliphatic carbocycles. The molecule has 2 aliphatic rings. The van der Waals surface area contributed by atoms with Crippen molar-refractivity contribution in [2.24, 2.45) is 0 Å². The zero-order chi connectivity index (χ0) is 17.3. The summed E-state index contributed by atoms with van der Waals surface area (Å²) in [7, 11) is 0. The highest BCUT2D eigenvalue weighted by atomic mass is 35.5. The Morgan fingerprint density at radius 3 is 2.32 bits per heavy atom. The molecule has 136 valence electrons. The predicted molar refractivity (Wildman–Crippen MR) is 96.4 cm³/mol. The van der Waals surface area contributed by atoms with E-state index in [2.05, 4.69) is 12.2 Å². The van der Waals surface area contributed by atoms with Gasteiger partial charge in [-0.15, -0.1) is 12.4 Å². The maximum Gasteiger partial charge on any atom is 0.254 e. The molecule has 2 aliphatic heterocycles. The fraction of sp³-hybridized carbons (Fsp3) is 0.500. The van der Waals surface area contributed by atoms with Crippen molar-refractivity contribution in [2.45, 2.75) is 45.3 Å². The maximum absolute atomic E-state index is 12.7. The number of rotatable bonds is 3. The summed E-state index contributed by atoms with van der Waals surface area (Å²) in [6.07, 6.45) is 0.600. The van der Waals surface area contributed by atoms with E-state index >= 15 is 0 Å². The molecule has 2 heterocycles. The van der Waals surface area contributed by atoms with Crippen LogP contribution >= 0.6 is 12.4 Å². The molecular weight excluding hydrogens is 342 g/mol. The average molecular weight is 366 g/mol. The summed E-state index contributed by atoms with van der Waals surface area (Å²) in [5, 5.41) is 3.36. The van der Waals surface area contributed by atoms with Gasteiger partial charge in [0.25, 0.3) is 5.91 Å². The third kappa shape index (κ3) is 4.02. The van der Waals surface area contributed by atoms with E-state index in [1.165, 1.54) is 4.90 Å². The molecule has 0 bridgehead atoms. The van der Waals surface area contributed by atoms with Gasteiger partial charge >= 0.3 is 0 Å². The number of carbonyl (C=O) groups excluding carboxylic acids is 3. The van der Waals surface area contributed by atoms with Crippen molar-refractivity contribution in [1.82, 2.24) is 15.1 Å². The van der Waals surface area contributed by atoms with Crippen molar-refractivity contribution in [3.8, 4) is 0 Å². The SMILES string of the molecule is CC1NCCN(C(=O)c2ccc(CN3C(=O)CCC3=O)cc2)C1C.Cl. The number of likely N-dealkylation sites (tertiary alicyclic amines) is 1. The van der Waals surface area contributed by atoms with Crippen LogP contribution < -0.4 is 5.32 Å². The van der Waals surface area contributed by atoms with Crippen molar-refractivity contribution in [2.75, 3.05) is 13.1 Å². The fourth-order valence-electron chi connectivity index (χ4n) is 3.24. The molecule has 7 heteroatoms. The first-order chi connectivity index (χ1) is 11.5. The molecule has 2 saturated heterocycles. The number of hydrogen-bond acceptors (Lipinski definition) is 4. The Hall–Kier alpha value is -1.92. The molecule has 2 fully saturated rings. The Labute approximate surface area is 154 Å². The lowest BCUT2D eigenvalue weighted by molar-refractivity contribution is -0.139. The van der Waals surface area contributed by atoms with Crippen molar-refractivity contribution in [3.05, 3.63) is 35.4 Å². The van der Waals surface area contributed by atoms with Crippen LogP contribution in [-0.4, -0.2) is 52.7 Å². The van der Waals surface area contributed by atoms with Gasteiger partial charge in [-0.3, -0.25) is 19.3 Å². The Morgan fingerprint density at radius 2 is 1.72 bits per heavy atom. The zero-order valence-corrected chi connectivity index (χ0v) is 15.3. The second kappa shape index (κ2) is 7.97. The van der Waals surface area contributed by atoms with E-state index in [0.29, 0.717) is 24.9 Å². The van der Waals surface area contributed by atoms with E-state index in [-0.39, 0.29) is 48.8 Å². The maximum atomic E-state index is 12.7. The first kappa shape index (κ1) is 19.4. The number of carbonyl (C=O) groups is 3. The first-order valence-electron chi connectivity index (χ1n) is 8.44. The van der Waals surface area contributed by atoms with Gasteiger partial charge in [0.15, 0.2) is 0 Å². The molecule has 0 aromatic heterocycles. The molecule has 0 saturated carbocycles. The second-order valence-electron chi connectivity index (χ2n) is 6.55. The summed E-state index contributed by atoms with van der Waals surface area (Å²) < 4.78 is 0. The molecule has 1 aromatic carbocycles. The van der Waals surface area contributed by atoms with Crippen molar-refractivity contribution in [1.29, 1.82) is 0 Å². The van der Waals surface area contributed by atoms with Gasteiger partial charge in [-0.2, -0.15) is 0 Å². The van der Waals surface area contributed by atoms with Crippen LogP contribution in [0.1, 0.15) is 42.6 Å². The number of benzene rings is 1. The van der Waals surface area contributed by atoms with Crippen LogP contribution in [0.15, 0.2) is 24.3 Å². The monoisotopic (exact) mass is 365 g/mol. The van der Waals surface area contributed by atoms with E-state index in [0.717, 1.165) is 12.1 Å². The van der Waals surface area contributed by atoms with Crippen LogP contribution in [0, 0.1) is 0 Å². The number of imide groups is 1. The molecule has 1 N–H and O–H groups in total. The summed E-state index contributed by atoms with van der Waals surface area (Å²) >= 11 is 0. The average Bonchev–Trinajstić information content (AvgIpc) is 2.89. The molecule has 3 amide bonds. The highest BCUT2D eigenvalue weighted by Crippen LogP contribution is 2.18. The minimum atomic E-state index is -0.121. The molecule has 3 rings (SSSR count). The van der Waals surface area contributed by atoms with Crippen LogP contribution in [0.5, 0.6) is 0 Å². The van der Waals surface area contributed by atoms with Gasteiger partial charge < -0.3 is 10.2 Å². The number of hydrogen-bond donors (Lipinski definition) is 1. The lowest BCUT2D eigenvalue weighted by atomic mass is 10.0. The lowest BCUT2D eigenvalue weighted by Crippen LogP contribution is -2.57. The van der Waals surface area contributed by atoms with Gasteiger partial charge in [0.05, 0.1) is 6.54 Å². The van der Waals surface area contributed by atoms with Crippen molar-refractivity contribution >= 4 is 30.1 Å². The summed E-state index contributed by atoms with van der Waals surface area (Å²) in [6.45, 7) is 5.91. The van der Waals surface area contributed by atoms with Crippen LogP contribution in [-0.2, 0) is 16.1 Å². The van der Waals surface area contributed by atoms with Gasteiger partial charge in [0, 0.05) is 43.6 Å². The Balaban J connectivity index is 0.00000225. The molecule has 0 spiro atoms. The Bertz CT molecular complexity index is 646. The van der Waals surface area contributed by atoms with Crippen LogP contribution in [0.2, 0.25) is 0 Å². The lowest BCUT2D eigenvalue weighted by Gasteiger charge is -2.38. The van der Waals surface area contributed by atoms with Gasteiger partial charge in [0.1, 0.15) is 0 Å². The third-order valence-corrected chi connectivity index (χ3v) is 4.99. The van der Waals surface area contributed by atoms with Crippen LogP contribution in [0.3, 0.4) is 0 Å². The number of halogens is 1. The Kier molecular flexibility index (Phi) is 6.19. The first-order valence-corrected chi connectivity index (χ1v) is 8.44. The van der Waals surface area contributed by atoms with Crippen molar-refractivity contribution < 1.29 is 14.4 Å². The number of amides is 3. The van der Waals surface area contributed by atoms with Crippen LogP contribution in [0.25, 0.3) is 0 Å². The second-order valence-corrected chi connectivity index (χ2v) is 6.55. The minimum Gasteiger partial charge on any atom is -0.333 e. The summed E-state index contributed by atoms with van der Waals surface area (Å²) in [5.41, 5.74) is 1.50. The van der Waals surface area contributed by atoms with E-state index in [4.69, 9.17) is 0 Å². The number of piperazine rings is 1. The largest absolute Gasteiger partial charge is 0.333 e. The fourth-order valence-corrected chi connectivity index (χ4v) is 3.24. The standard InChI is InChI=1S/C18H23N3O3.ClH/c1-12-13(2)20(10-9-19-12)18(24)15-5-3-14(4-6-15)11-21-16(22)7-8-17(21)23;/h3-6,12-13,19H,7-11H2,1-2H3;1H. The molecule has 6 nitrogen and oxygen atoms in total. The van der Waals surface area contributed by atoms with Crippen molar-refractivity contribution in [3.63, 3.8) is 0 Å². The zero-order valence-electron chi connectivity index (χ0n) is 14.5. The minimum absolute atomic E-state index is 0. The van der Waals surface area contributed by atoms with E-state index in [1.54, 1.807) is 12.1 Å². The molecule has 0 radical (unpaired) electrons. The predicted octanol–water partition coefficient (Wildman–Crippen LogP) is 1.58. The quantitative estimate of drug-likeness (QED) is 0.826. The van der Waals surface area contributed by atoms with E-state index in [1.807, 2.05) is 24.0 Å². The normalized spacial score (nSPS) is 23.6. The van der Waals surface area contributed by atoms with Crippen LogP contribution in [0.4, 0.5) is 0 Å². The highest BCUT2D eigenvalue weighted by Gasteiger charge is 2.30. The van der Waals surface area contributed by atoms with Gasteiger partial charge in [-0.25, -0.2) is 0 Å². The number of nitrogens with zero attached hydrogens (tertiary/aromatic N) is 2. The Morgan fingerprint density at radius 1 is 1.12 bits per heavy atom. The molecule has 25 heavy (non-hydrogen) atoms. The smallest absolute Gasteiger partial charge is 0.254 e. The van der Waals surface area contributed by atoms with Gasteiger partial charge in [0.2, 0.25) is 11.8 Å².